The Morgan fingerprint density at radius 3 is 2.88 bits per heavy atom. The molecule has 2 atom stereocenters. The molecule has 2 aliphatic rings. The molecule has 1 saturated heterocycles. The Balaban J connectivity index is 1.99. The van der Waals surface area contributed by atoms with Gasteiger partial charge in [-0.05, 0) is 25.2 Å². The molecular formula is C12H20N2O2. The van der Waals surface area contributed by atoms with Crippen molar-refractivity contribution < 1.29 is 9.59 Å². The van der Waals surface area contributed by atoms with Gasteiger partial charge in [-0.25, -0.2) is 0 Å². The molecule has 2 rings (SSSR count). The lowest BCUT2D eigenvalue weighted by atomic mass is 9.96. The Morgan fingerprint density at radius 2 is 2.19 bits per heavy atom. The highest BCUT2D eigenvalue weighted by Gasteiger charge is 2.33. The van der Waals surface area contributed by atoms with Gasteiger partial charge in [0.1, 0.15) is 0 Å². The van der Waals surface area contributed by atoms with Crippen molar-refractivity contribution in [3.63, 3.8) is 0 Å². The van der Waals surface area contributed by atoms with E-state index in [4.69, 9.17) is 0 Å². The molecule has 90 valence electrons. The summed E-state index contributed by atoms with van der Waals surface area (Å²) in [5.41, 5.74) is 0. The average molecular weight is 224 g/mol. The minimum atomic E-state index is -0.0171. The van der Waals surface area contributed by atoms with E-state index in [0.29, 0.717) is 12.5 Å². The second kappa shape index (κ2) is 4.85. The zero-order valence-electron chi connectivity index (χ0n) is 9.87. The minimum Gasteiger partial charge on any atom is -0.354 e. The number of amides is 2. The van der Waals surface area contributed by atoms with E-state index >= 15 is 0 Å². The van der Waals surface area contributed by atoms with Crippen LogP contribution in [0.15, 0.2) is 0 Å². The van der Waals surface area contributed by atoms with Gasteiger partial charge in [-0.2, -0.15) is 0 Å². The van der Waals surface area contributed by atoms with Gasteiger partial charge in [0.05, 0.1) is 6.54 Å². The number of hydrogen-bond donors (Lipinski definition) is 1. The second-order valence-corrected chi connectivity index (χ2v) is 4.98. The summed E-state index contributed by atoms with van der Waals surface area (Å²) in [6.45, 7) is 3.82. The van der Waals surface area contributed by atoms with Crippen LogP contribution >= 0.6 is 0 Å². The van der Waals surface area contributed by atoms with Gasteiger partial charge in [0, 0.05) is 19.0 Å². The highest BCUT2D eigenvalue weighted by Crippen LogP contribution is 2.32. The lowest BCUT2D eigenvalue weighted by Gasteiger charge is -2.24. The molecule has 0 aromatic rings. The van der Waals surface area contributed by atoms with Crippen LogP contribution in [0, 0.1) is 11.8 Å². The van der Waals surface area contributed by atoms with E-state index in [-0.39, 0.29) is 24.3 Å². The minimum absolute atomic E-state index is 0.0171. The van der Waals surface area contributed by atoms with Crippen LogP contribution in [-0.2, 0) is 9.59 Å². The van der Waals surface area contributed by atoms with Crippen molar-refractivity contribution in [1.29, 1.82) is 0 Å². The molecule has 1 aliphatic heterocycles. The lowest BCUT2D eigenvalue weighted by Crippen LogP contribution is -2.41. The summed E-state index contributed by atoms with van der Waals surface area (Å²) in [6.07, 6.45) is 4.17. The van der Waals surface area contributed by atoms with Gasteiger partial charge in [0.15, 0.2) is 0 Å². The number of nitrogens with zero attached hydrogens (tertiary/aromatic N) is 1. The van der Waals surface area contributed by atoms with E-state index < -0.39 is 0 Å². The van der Waals surface area contributed by atoms with Gasteiger partial charge in [0.2, 0.25) is 11.8 Å². The smallest absolute Gasteiger partial charge is 0.239 e. The average Bonchev–Trinajstić information content (AvgIpc) is 2.55. The number of carbonyl (C=O) groups is 2. The van der Waals surface area contributed by atoms with E-state index in [9.17, 15) is 9.59 Å². The lowest BCUT2D eigenvalue weighted by molar-refractivity contribution is -0.139. The summed E-state index contributed by atoms with van der Waals surface area (Å²) in [5, 5.41) is 2.80. The molecule has 0 spiro atoms. The highest BCUT2D eigenvalue weighted by molar-refractivity contribution is 5.86. The maximum atomic E-state index is 12.3. The van der Waals surface area contributed by atoms with Crippen molar-refractivity contribution in [3.05, 3.63) is 0 Å². The predicted octanol–water partition coefficient (Wildman–Crippen LogP) is 0.771. The standard InChI is InChI=1S/C12H20N2O2/c1-9-4-2-5-10(9)12(16)14-7-3-6-13-11(15)8-14/h9-10H,2-8H2,1H3,(H,13,15). The fourth-order valence-electron chi connectivity index (χ4n) is 2.74. The molecule has 1 heterocycles. The first-order valence-corrected chi connectivity index (χ1v) is 6.24. The Morgan fingerprint density at radius 1 is 1.38 bits per heavy atom. The highest BCUT2D eigenvalue weighted by atomic mass is 16.2. The van der Waals surface area contributed by atoms with Gasteiger partial charge >= 0.3 is 0 Å². The zero-order valence-corrected chi connectivity index (χ0v) is 9.87. The summed E-state index contributed by atoms with van der Waals surface area (Å²) < 4.78 is 0. The van der Waals surface area contributed by atoms with Crippen LogP contribution in [0.25, 0.3) is 0 Å². The maximum Gasteiger partial charge on any atom is 0.239 e. The van der Waals surface area contributed by atoms with Crippen LogP contribution in [0.5, 0.6) is 0 Å². The van der Waals surface area contributed by atoms with Crippen LogP contribution in [0.2, 0.25) is 0 Å². The summed E-state index contributed by atoms with van der Waals surface area (Å²) in [7, 11) is 0. The third-order valence-electron chi connectivity index (χ3n) is 3.75. The van der Waals surface area contributed by atoms with Crippen molar-refractivity contribution in [2.24, 2.45) is 11.8 Å². The quantitative estimate of drug-likeness (QED) is 0.715. The summed E-state index contributed by atoms with van der Waals surface area (Å²) in [4.78, 5) is 25.4. The maximum absolute atomic E-state index is 12.3. The van der Waals surface area contributed by atoms with Crippen molar-refractivity contribution in [2.75, 3.05) is 19.6 Å². The molecule has 1 saturated carbocycles. The van der Waals surface area contributed by atoms with Crippen molar-refractivity contribution in [2.45, 2.75) is 32.6 Å². The largest absolute Gasteiger partial charge is 0.354 e. The van der Waals surface area contributed by atoms with Gasteiger partial charge in [-0.15, -0.1) is 0 Å². The molecule has 2 amide bonds. The number of carbonyl (C=O) groups excluding carboxylic acids is 2. The van der Waals surface area contributed by atoms with Crippen LogP contribution in [0.3, 0.4) is 0 Å². The predicted molar refractivity (Wildman–Crippen MR) is 60.7 cm³/mol. The monoisotopic (exact) mass is 224 g/mol. The first-order chi connectivity index (χ1) is 7.68. The Hall–Kier alpha value is -1.06. The fraction of sp³-hybridized carbons (Fsp3) is 0.833. The Bertz CT molecular complexity index is 291. The molecule has 4 nitrogen and oxygen atoms in total. The first kappa shape index (κ1) is 11.4. The molecule has 0 aromatic heterocycles. The molecule has 2 fully saturated rings. The van der Waals surface area contributed by atoms with Crippen molar-refractivity contribution in [1.82, 2.24) is 10.2 Å². The third-order valence-corrected chi connectivity index (χ3v) is 3.75. The SMILES string of the molecule is CC1CCCC1C(=O)N1CCCNC(=O)C1. The second-order valence-electron chi connectivity index (χ2n) is 4.98. The molecule has 1 aliphatic carbocycles. The molecule has 0 aromatic carbocycles. The molecule has 1 N–H and O–H groups in total. The molecule has 0 radical (unpaired) electrons. The molecule has 0 bridgehead atoms. The van der Waals surface area contributed by atoms with E-state index in [1.54, 1.807) is 4.90 Å². The molecule has 16 heavy (non-hydrogen) atoms. The van der Waals surface area contributed by atoms with E-state index in [1.807, 2.05) is 0 Å². The van der Waals surface area contributed by atoms with Crippen LogP contribution < -0.4 is 5.32 Å². The summed E-state index contributed by atoms with van der Waals surface area (Å²) >= 11 is 0. The van der Waals surface area contributed by atoms with E-state index in [1.165, 1.54) is 0 Å². The van der Waals surface area contributed by atoms with Gasteiger partial charge < -0.3 is 10.2 Å². The Labute approximate surface area is 96.4 Å². The van der Waals surface area contributed by atoms with Gasteiger partial charge in [-0.1, -0.05) is 13.3 Å². The first-order valence-electron chi connectivity index (χ1n) is 6.24. The number of hydrogen-bond acceptors (Lipinski definition) is 2. The van der Waals surface area contributed by atoms with Gasteiger partial charge in [-0.3, -0.25) is 9.59 Å². The fourth-order valence-corrected chi connectivity index (χ4v) is 2.74. The van der Waals surface area contributed by atoms with E-state index in [2.05, 4.69) is 12.2 Å². The topological polar surface area (TPSA) is 49.4 Å². The van der Waals surface area contributed by atoms with E-state index in [0.717, 1.165) is 32.2 Å². The van der Waals surface area contributed by atoms with Crippen molar-refractivity contribution in [3.8, 4) is 0 Å². The van der Waals surface area contributed by atoms with Gasteiger partial charge in [0.25, 0.3) is 0 Å². The number of nitrogens with one attached hydrogen (secondary N) is 1. The summed E-state index contributed by atoms with van der Waals surface area (Å²) in [5.74, 6) is 0.822. The molecular weight excluding hydrogens is 204 g/mol. The van der Waals surface area contributed by atoms with Crippen molar-refractivity contribution >= 4 is 11.8 Å². The zero-order chi connectivity index (χ0) is 11.5. The molecule has 2 unspecified atom stereocenters. The third kappa shape index (κ3) is 2.36. The van der Waals surface area contributed by atoms with Crippen LogP contribution in [-0.4, -0.2) is 36.3 Å². The number of rotatable bonds is 1. The summed E-state index contributed by atoms with van der Waals surface area (Å²) in [6, 6.07) is 0. The molecule has 4 heteroatoms. The van der Waals surface area contributed by atoms with Crippen LogP contribution in [0.1, 0.15) is 32.6 Å². The Kier molecular flexibility index (Phi) is 3.46. The normalized spacial score (nSPS) is 31.1. The van der Waals surface area contributed by atoms with Crippen LogP contribution in [0.4, 0.5) is 0 Å².